The van der Waals surface area contributed by atoms with E-state index in [-0.39, 0.29) is 5.91 Å². The lowest BCUT2D eigenvalue weighted by atomic mass is 10.1. The standard InChI is InChI=1S/C24H29N3O3/c1-29-22-9-11-23(12-10-22)30-17-2-4-24(28)27-14-3-13-26(15-16-27)19-21-7-5-20(18-25)6-8-21/h5-12H,2-4,13-17,19H2,1H3. The van der Waals surface area contributed by atoms with Gasteiger partial charge in [-0.05, 0) is 54.8 Å². The van der Waals surface area contributed by atoms with Gasteiger partial charge in [-0.1, -0.05) is 12.1 Å². The Labute approximate surface area is 178 Å². The monoisotopic (exact) mass is 407 g/mol. The molecule has 0 atom stereocenters. The number of nitriles is 1. The van der Waals surface area contributed by atoms with Crippen LogP contribution in [-0.2, 0) is 11.3 Å². The van der Waals surface area contributed by atoms with Crippen molar-refractivity contribution < 1.29 is 14.3 Å². The van der Waals surface area contributed by atoms with Crippen molar-refractivity contribution in [3.05, 3.63) is 59.7 Å². The molecule has 30 heavy (non-hydrogen) atoms. The van der Waals surface area contributed by atoms with E-state index >= 15 is 0 Å². The van der Waals surface area contributed by atoms with Crippen LogP contribution >= 0.6 is 0 Å². The van der Waals surface area contributed by atoms with Crippen LogP contribution in [0.2, 0.25) is 0 Å². The summed E-state index contributed by atoms with van der Waals surface area (Å²) in [6.07, 6.45) is 2.19. The van der Waals surface area contributed by atoms with Gasteiger partial charge in [-0.25, -0.2) is 0 Å². The zero-order valence-corrected chi connectivity index (χ0v) is 17.5. The molecule has 1 heterocycles. The van der Waals surface area contributed by atoms with Gasteiger partial charge in [-0.2, -0.15) is 5.26 Å². The molecule has 0 aromatic heterocycles. The molecule has 0 spiro atoms. The lowest BCUT2D eigenvalue weighted by Gasteiger charge is -2.22. The largest absolute Gasteiger partial charge is 0.497 e. The quantitative estimate of drug-likeness (QED) is 0.627. The molecule has 0 saturated carbocycles. The predicted molar refractivity (Wildman–Crippen MR) is 115 cm³/mol. The van der Waals surface area contributed by atoms with E-state index in [2.05, 4.69) is 11.0 Å². The number of rotatable bonds is 8. The minimum atomic E-state index is 0.202. The summed E-state index contributed by atoms with van der Waals surface area (Å²) in [5.74, 6) is 1.79. The van der Waals surface area contributed by atoms with Gasteiger partial charge < -0.3 is 14.4 Å². The minimum absolute atomic E-state index is 0.202. The molecule has 3 rings (SSSR count). The van der Waals surface area contributed by atoms with E-state index in [1.165, 1.54) is 5.56 Å². The number of hydrogen-bond donors (Lipinski definition) is 0. The van der Waals surface area contributed by atoms with Crippen LogP contribution in [0.3, 0.4) is 0 Å². The highest BCUT2D eigenvalue weighted by Gasteiger charge is 2.19. The normalized spacial score (nSPS) is 14.6. The van der Waals surface area contributed by atoms with E-state index in [4.69, 9.17) is 14.7 Å². The Morgan fingerprint density at radius 3 is 2.43 bits per heavy atom. The van der Waals surface area contributed by atoms with Crippen LogP contribution in [0.25, 0.3) is 0 Å². The third-order valence-corrected chi connectivity index (χ3v) is 5.29. The Balaban J connectivity index is 1.37. The Bertz CT molecular complexity index is 843. The molecule has 1 saturated heterocycles. The van der Waals surface area contributed by atoms with Crippen LogP contribution in [0.15, 0.2) is 48.5 Å². The van der Waals surface area contributed by atoms with Gasteiger partial charge in [0.25, 0.3) is 0 Å². The summed E-state index contributed by atoms with van der Waals surface area (Å²) in [5.41, 5.74) is 1.88. The van der Waals surface area contributed by atoms with E-state index < -0.39 is 0 Å². The molecule has 158 valence electrons. The van der Waals surface area contributed by atoms with Crippen molar-refractivity contribution in [3.63, 3.8) is 0 Å². The zero-order valence-electron chi connectivity index (χ0n) is 17.5. The van der Waals surface area contributed by atoms with E-state index in [1.54, 1.807) is 7.11 Å². The summed E-state index contributed by atoms with van der Waals surface area (Å²) in [7, 11) is 1.64. The maximum absolute atomic E-state index is 12.6. The summed E-state index contributed by atoms with van der Waals surface area (Å²) in [6.45, 7) is 4.79. The number of benzene rings is 2. The van der Waals surface area contributed by atoms with Gasteiger partial charge in [0.05, 0.1) is 25.3 Å². The highest BCUT2D eigenvalue weighted by atomic mass is 16.5. The van der Waals surface area contributed by atoms with Gasteiger partial charge in [0.1, 0.15) is 11.5 Å². The Hall–Kier alpha value is -3.04. The maximum atomic E-state index is 12.6. The van der Waals surface area contributed by atoms with E-state index in [1.807, 2.05) is 53.4 Å². The van der Waals surface area contributed by atoms with Gasteiger partial charge in [-0.15, -0.1) is 0 Å². The second-order valence-electron chi connectivity index (χ2n) is 7.45. The molecule has 1 fully saturated rings. The molecular formula is C24H29N3O3. The van der Waals surface area contributed by atoms with Crippen molar-refractivity contribution in [2.75, 3.05) is 39.9 Å². The summed E-state index contributed by atoms with van der Waals surface area (Å²) < 4.78 is 10.8. The highest BCUT2D eigenvalue weighted by Crippen LogP contribution is 2.17. The number of carbonyl (C=O) groups excluding carboxylic acids is 1. The molecule has 2 aromatic rings. The maximum Gasteiger partial charge on any atom is 0.222 e. The third-order valence-electron chi connectivity index (χ3n) is 5.29. The number of nitrogens with zero attached hydrogens (tertiary/aromatic N) is 3. The molecule has 6 nitrogen and oxygen atoms in total. The fraction of sp³-hybridized carbons (Fsp3) is 0.417. The second-order valence-corrected chi connectivity index (χ2v) is 7.45. The first-order chi connectivity index (χ1) is 14.7. The van der Waals surface area contributed by atoms with Gasteiger partial charge >= 0.3 is 0 Å². The topological polar surface area (TPSA) is 65.8 Å². The Morgan fingerprint density at radius 1 is 1.00 bits per heavy atom. The molecule has 0 radical (unpaired) electrons. The van der Waals surface area contributed by atoms with Gasteiger partial charge in [0, 0.05) is 39.1 Å². The third kappa shape index (κ3) is 6.50. The van der Waals surface area contributed by atoms with Crippen LogP contribution in [0.5, 0.6) is 11.5 Å². The number of amides is 1. The fourth-order valence-corrected chi connectivity index (χ4v) is 3.56. The minimum Gasteiger partial charge on any atom is -0.497 e. The van der Waals surface area contributed by atoms with Crippen LogP contribution in [0, 0.1) is 11.3 Å². The lowest BCUT2D eigenvalue weighted by molar-refractivity contribution is -0.131. The van der Waals surface area contributed by atoms with Crippen molar-refractivity contribution in [2.24, 2.45) is 0 Å². The van der Waals surface area contributed by atoms with Crippen molar-refractivity contribution in [1.29, 1.82) is 5.26 Å². The van der Waals surface area contributed by atoms with Crippen molar-refractivity contribution >= 4 is 5.91 Å². The molecule has 0 N–H and O–H groups in total. The summed E-state index contributed by atoms with van der Waals surface area (Å²) in [6, 6.07) is 17.4. The van der Waals surface area contributed by atoms with Gasteiger partial charge in [-0.3, -0.25) is 9.69 Å². The van der Waals surface area contributed by atoms with Gasteiger partial charge in [0.15, 0.2) is 0 Å². The fourth-order valence-electron chi connectivity index (χ4n) is 3.56. The molecule has 2 aromatic carbocycles. The number of methoxy groups -OCH3 is 1. The molecule has 1 aliphatic rings. The number of carbonyl (C=O) groups is 1. The summed E-state index contributed by atoms with van der Waals surface area (Å²) in [4.78, 5) is 16.9. The van der Waals surface area contributed by atoms with Crippen molar-refractivity contribution in [3.8, 4) is 17.6 Å². The molecule has 0 aliphatic carbocycles. The van der Waals surface area contributed by atoms with E-state index in [9.17, 15) is 4.79 Å². The Morgan fingerprint density at radius 2 is 1.73 bits per heavy atom. The molecule has 1 amide bonds. The van der Waals surface area contributed by atoms with Crippen LogP contribution in [-0.4, -0.2) is 55.6 Å². The highest BCUT2D eigenvalue weighted by molar-refractivity contribution is 5.76. The molecular weight excluding hydrogens is 378 g/mol. The average Bonchev–Trinajstić information content (AvgIpc) is 3.03. The summed E-state index contributed by atoms with van der Waals surface area (Å²) >= 11 is 0. The van der Waals surface area contributed by atoms with Crippen molar-refractivity contribution in [1.82, 2.24) is 9.80 Å². The second kappa shape index (κ2) is 11.2. The van der Waals surface area contributed by atoms with E-state index in [0.717, 1.165) is 50.6 Å². The van der Waals surface area contributed by atoms with E-state index in [0.29, 0.717) is 25.0 Å². The number of hydrogen-bond acceptors (Lipinski definition) is 5. The average molecular weight is 408 g/mol. The smallest absolute Gasteiger partial charge is 0.222 e. The first-order valence-electron chi connectivity index (χ1n) is 10.4. The molecule has 0 unspecified atom stereocenters. The van der Waals surface area contributed by atoms with Crippen LogP contribution < -0.4 is 9.47 Å². The molecule has 0 bridgehead atoms. The SMILES string of the molecule is COc1ccc(OCCCC(=O)N2CCCN(Cc3ccc(C#N)cc3)CC2)cc1. The van der Waals surface area contributed by atoms with Crippen LogP contribution in [0.1, 0.15) is 30.4 Å². The van der Waals surface area contributed by atoms with Crippen molar-refractivity contribution in [2.45, 2.75) is 25.8 Å². The first kappa shape index (κ1) is 21.7. The zero-order chi connectivity index (χ0) is 21.2. The number of ether oxygens (including phenoxy) is 2. The van der Waals surface area contributed by atoms with Gasteiger partial charge in [0.2, 0.25) is 5.91 Å². The molecule has 6 heteroatoms. The Kier molecular flexibility index (Phi) is 8.10. The van der Waals surface area contributed by atoms with Crippen LogP contribution in [0.4, 0.5) is 0 Å². The predicted octanol–water partition coefficient (Wildman–Crippen LogP) is 3.46. The molecule has 1 aliphatic heterocycles. The summed E-state index contributed by atoms with van der Waals surface area (Å²) in [5, 5.41) is 8.91. The lowest BCUT2D eigenvalue weighted by Crippen LogP contribution is -2.35. The first-order valence-corrected chi connectivity index (χ1v) is 10.4.